The van der Waals surface area contributed by atoms with E-state index < -0.39 is 18.4 Å². The van der Waals surface area contributed by atoms with Crippen LogP contribution in [-0.2, 0) is 19.1 Å². The van der Waals surface area contributed by atoms with Crippen molar-refractivity contribution in [2.45, 2.75) is 39.5 Å². The molecule has 0 radical (unpaired) electrons. The fourth-order valence-corrected chi connectivity index (χ4v) is 4.03. The second-order valence-corrected chi connectivity index (χ2v) is 6.94. The molecule has 0 aliphatic carbocycles. The third-order valence-electron chi connectivity index (χ3n) is 2.61. The molecular weight excluding hydrogens is 326 g/mol. The highest BCUT2D eigenvalue weighted by Crippen LogP contribution is 2.35. The van der Waals surface area contributed by atoms with E-state index in [0.29, 0.717) is 12.0 Å². The van der Waals surface area contributed by atoms with Gasteiger partial charge < -0.3 is 15.2 Å². The van der Waals surface area contributed by atoms with Crippen molar-refractivity contribution in [2.75, 3.05) is 19.4 Å². The zero-order chi connectivity index (χ0) is 17.0. The Balaban J connectivity index is 4.50. The predicted molar refractivity (Wildman–Crippen MR) is 89.6 cm³/mol. The molecule has 0 heterocycles. The van der Waals surface area contributed by atoms with Crippen LogP contribution in [0.2, 0.25) is 0 Å². The number of carboxylic acids is 1. The van der Waals surface area contributed by atoms with Gasteiger partial charge in [0.25, 0.3) is 0 Å². The molecule has 0 rings (SSSR count). The average Bonchev–Trinajstić information content (AvgIpc) is 2.47. The minimum Gasteiger partial charge on any atom is -0.481 e. The summed E-state index contributed by atoms with van der Waals surface area (Å²) in [5, 5.41) is 11.0. The number of carboxylic acid groups (broad SMARTS) is 1. The minimum absolute atomic E-state index is 0.0666. The number of nitrogens with one attached hydrogen (secondary N) is 1. The normalized spacial score (nSPS) is 11.6. The largest absolute Gasteiger partial charge is 0.481 e. The molecule has 0 aromatic rings. The maximum atomic E-state index is 11.7. The Hall–Kier alpha value is -1.15. The van der Waals surface area contributed by atoms with Crippen LogP contribution < -0.4 is 5.32 Å². The second-order valence-electron chi connectivity index (χ2n) is 4.43. The summed E-state index contributed by atoms with van der Waals surface area (Å²) in [5.41, 5.74) is 0.589. The van der Waals surface area contributed by atoms with Gasteiger partial charge in [-0.3, -0.25) is 14.4 Å². The molecule has 6 nitrogen and oxygen atoms in total. The van der Waals surface area contributed by atoms with Crippen molar-refractivity contribution in [3.8, 4) is 0 Å². The van der Waals surface area contributed by atoms with Crippen molar-refractivity contribution in [1.82, 2.24) is 5.32 Å². The Kier molecular flexibility index (Phi) is 11.8. The first-order valence-corrected chi connectivity index (χ1v) is 9.32. The van der Waals surface area contributed by atoms with Gasteiger partial charge in [-0.2, -0.15) is 0 Å². The summed E-state index contributed by atoms with van der Waals surface area (Å²) < 4.78 is 4.87. The van der Waals surface area contributed by atoms with Crippen LogP contribution in [0.3, 0.4) is 0 Å². The maximum absolute atomic E-state index is 11.7. The van der Waals surface area contributed by atoms with E-state index in [1.165, 1.54) is 10.8 Å². The van der Waals surface area contributed by atoms with Crippen LogP contribution in [0.4, 0.5) is 0 Å². The van der Waals surface area contributed by atoms with Crippen molar-refractivity contribution in [3.63, 3.8) is 0 Å². The molecule has 0 spiro atoms. The molecule has 0 atom stereocenters. The van der Waals surface area contributed by atoms with Crippen molar-refractivity contribution >= 4 is 39.4 Å². The number of hydrogen-bond donors (Lipinski definition) is 2. The molecule has 8 heteroatoms. The van der Waals surface area contributed by atoms with Crippen molar-refractivity contribution in [3.05, 3.63) is 10.5 Å². The van der Waals surface area contributed by atoms with Crippen LogP contribution in [-0.4, -0.2) is 42.4 Å². The average molecular weight is 349 g/mol. The highest BCUT2D eigenvalue weighted by molar-refractivity contribution is 8.78. The second kappa shape index (κ2) is 12.4. The number of carbonyl (C=O) groups excluding carboxylic acids is 2. The fourth-order valence-electron chi connectivity index (χ4n) is 1.35. The van der Waals surface area contributed by atoms with E-state index in [4.69, 9.17) is 9.84 Å². The molecule has 0 aliphatic heterocycles. The van der Waals surface area contributed by atoms with Gasteiger partial charge in [-0.15, -0.1) is 0 Å². The number of carbonyl (C=O) groups is 3. The van der Waals surface area contributed by atoms with Crippen LogP contribution in [0.1, 0.15) is 39.5 Å². The smallest absolute Gasteiger partial charge is 0.317 e. The number of amides is 1. The topological polar surface area (TPSA) is 92.7 Å². The molecule has 0 aromatic heterocycles. The van der Waals surface area contributed by atoms with Gasteiger partial charge in [-0.1, -0.05) is 34.9 Å². The van der Waals surface area contributed by atoms with E-state index in [0.717, 1.165) is 23.5 Å². The molecule has 0 saturated carbocycles. The summed E-state index contributed by atoms with van der Waals surface area (Å²) in [6.07, 6.45) is 1.95. The Bertz CT molecular complexity index is 423. The van der Waals surface area contributed by atoms with Crippen molar-refractivity contribution < 1.29 is 24.2 Å². The molecule has 22 heavy (non-hydrogen) atoms. The molecule has 126 valence electrons. The molecule has 0 aliphatic rings. The molecule has 2 N–H and O–H groups in total. The van der Waals surface area contributed by atoms with E-state index in [9.17, 15) is 14.4 Å². The lowest BCUT2D eigenvalue weighted by Gasteiger charge is -2.11. The molecule has 1 amide bonds. The van der Waals surface area contributed by atoms with E-state index in [1.54, 1.807) is 24.8 Å². The van der Waals surface area contributed by atoms with E-state index in [2.05, 4.69) is 12.2 Å². The summed E-state index contributed by atoms with van der Waals surface area (Å²) in [6, 6.07) is 0. The maximum Gasteiger partial charge on any atom is 0.317 e. The Morgan fingerprint density at radius 1 is 1.27 bits per heavy atom. The number of rotatable bonds is 11. The lowest BCUT2D eigenvalue weighted by atomic mass is 10.2. The highest BCUT2D eigenvalue weighted by Gasteiger charge is 2.13. The SMILES string of the molecule is CCCCSS/C(CCOC(=O)CC(=O)O)=C(/C)C(=O)NC. The monoisotopic (exact) mass is 349 g/mol. The van der Waals surface area contributed by atoms with Gasteiger partial charge in [-0.25, -0.2) is 0 Å². The number of ether oxygens (including phenoxy) is 1. The van der Waals surface area contributed by atoms with Crippen LogP contribution in [0.25, 0.3) is 0 Å². The van der Waals surface area contributed by atoms with Gasteiger partial charge in [0.15, 0.2) is 0 Å². The number of unbranched alkanes of at least 4 members (excludes halogenated alkanes) is 1. The van der Waals surface area contributed by atoms with Gasteiger partial charge in [-0.05, 0) is 13.3 Å². The molecule has 0 aromatic carbocycles. The Morgan fingerprint density at radius 2 is 1.95 bits per heavy atom. The lowest BCUT2D eigenvalue weighted by Crippen LogP contribution is -2.20. The van der Waals surface area contributed by atoms with E-state index in [1.807, 2.05) is 0 Å². The number of likely N-dealkylation sites (N-methyl/N-ethyl adjacent to an activating group) is 1. The molecule has 0 saturated heterocycles. The zero-order valence-corrected chi connectivity index (χ0v) is 14.8. The highest BCUT2D eigenvalue weighted by atomic mass is 33.1. The van der Waals surface area contributed by atoms with Gasteiger partial charge in [0.05, 0.1) is 6.61 Å². The number of esters is 1. The van der Waals surface area contributed by atoms with Gasteiger partial charge in [0, 0.05) is 29.7 Å². The van der Waals surface area contributed by atoms with E-state index in [-0.39, 0.29) is 12.5 Å². The third-order valence-corrected chi connectivity index (χ3v) is 5.36. The van der Waals surface area contributed by atoms with Crippen LogP contribution in [0.15, 0.2) is 10.5 Å². The predicted octanol–water partition coefficient (Wildman–Crippen LogP) is 2.60. The quantitative estimate of drug-likeness (QED) is 0.195. The first-order valence-electron chi connectivity index (χ1n) is 7.01. The van der Waals surface area contributed by atoms with Gasteiger partial charge in [0.2, 0.25) is 5.91 Å². The lowest BCUT2D eigenvalue weighted by molar-refractivity contribution is -0.151. The fraction of sp³-hybridized carbons (Fsp3) is 0.643. The summed E-state index contributed by atoms with van der Waals surface area (Å²) in [7, 11) is 4.72. The number of aliphatic carboxylic acids is 1. The first kappa shape index (κ1) is 20.9. The first-order chi connectivity index (χ1) is 10.4. The van der Waals surface area contributed by atoms with Gasteiger partial charge >= 0.3 is 11.9 Å². The standard InChI is InChI=1S/C14H23NO5S2/c1-4-5-8-21-22-11(10(2)14(19)15-3)6-7-20-13(18)9-12(16)17/h4-9H2,1-3H3,(H,15,19)(H,16,17)/b11-10-. The zero-order valence-electron chi connectivity index (χ0n) is 13.1. The minimum atomic E-state index is -1.22. The Labute approximate surface area is 138 Å². The van der Waals surface area contributed by atoms with Crippen molar-refractivity contribution in [2.24, 2.45) is 0 Å². The van der Waals surface area contributed by atoms with Crippen molar-refractivity contribution in [1.29, 1.82) is 0 Å². The summed E-state index contributed by atoms with van der Waals surface area (Å²) >= 11 is 0. The summed E-state index contributed by atoms with van der Waals surface area (Å²) in [4.78, 5) is 34.1. The third kappa shape index (κ3) is 9.73. The molecular formula is C14H23NO5S2. The summed E-state index contributed by atoms with van der Waals surface area (Å²) in [5.74, 6) is -1.18. The molecule has 0 fully saturated rings. The Morgan fingerprint density at radius 3 is 2.50 bits per heavy atom. The van der Waals surface area contributed by atoms with E-state index >= 15 is 0 Å². The molecule has 0 unspecified atom stereocenters. The number of hydrogen-bond acceptors (Lipinski definition) is 6. The van der Waals surface area contributed by atoms with Crippen LogP contribution >= 0.6 is 21.6 Å². The van der Waals surface area contributed by atoms with Crippen LogP contribution in [0.5, 0.6) is 0 Å². The van der Waals surface area contributed by atoms with Gasteiger partial charge in [0.1, 0.15) is 6.42 Å². The molecule has 0 bridgehead atoms. The summed E-state index contributed by atoms with van der Waals surface area (Å²) in [6.45, 7) is 3.90. The van der Waals surface area contributed by atoms with Crippen LogP contribution in [0, 0.1) is 0 Å².